The zero-order valence-electron chi connectivity index (χ0n) is 9.86. The number of hydrogen-bond donors (Lipinski definition) is 0. The van der Waals surface area contributed by atoms with Gasteiger partial charge in [0.05, 0.1) is 5.97 Å². The summed E-state index contributed by atoms with van der Waals surface area (Å²) in [6, 6.07) is 0. The van der Waals surface area contributed by atoms with E-state index in [0.29, 0.717) is 5.56 Å². The van der Waals surface area contributed by atoms with Crippen molar-refractivity contribution in [3.05, 3.63) is 23.0 Å². The molecule has 0 fully saturated rings. The zero-order chi connectivity index (χ0) is 10.9. The number of rotatable bonds is 3. The van der Waals surface area contributed by atoms with Gasteiger partial charge in [-0.25, -0.2) is 0 Å². The number of carboxylic acids is 2. The predicted octanol–water partition coefficient (Wildman–Crippen LogP) is -8.00. The van der Waals surface area contributed by atoms with Gasteiger partial charge in [-0.2, -0.15) is 0 Å². The number of aryl methyl sites for hydroxylation is 2. The van der Waals surface area contributed by atoms with E-state index < -0.39 is 18.4 Å². The maximum atomic E-state index is 10.7. The number of carbonyl (C=O) groups is 2. The van der Waals surface area contributed by atoms with Crippen molar-refractivity contribution in [2.24, 2.45) is 7.05 Å². The predicted molar refractivity (Wildman–Crippen MR) is 43.2 cm³/mol. The Morgan fingerprint density at radius 3 is 2.19 bits per heavy atom. The molecule has 5 nitrogen and oxygen atoms in total. The molecule has 0 spiro atoms. The van der Waals surface area contributed by atoms with E-state index in [1.807, 2.05) is 0 Å². The van der Waals surface area contributed by atoms with Crippen LogP contribution in [0.15, 0.2) is 6.20 Å². The van der Waals surface area contributed by atoms with Crippen LogP contribution in [0, 0.1) is 6.92 Å². The Hall–Kier alpha value is 0.220. The molecule has 0 amide bonds. The Balaban J connectivity index is 0. The first kappa shape index (κ1) is 18.6. The van der Waals surface area contributed by atoms with Gasteiger partial charge in [0, 0.05) is 36.9 Å². The quantitative estimate of drug-likeness (QED) is 0.492. The fraction of sp³-hybridized carbons (Fsp3) is 0.333. The molecule has 1 aromatic rings. The van der Waals surface area contributed by atoms with Gasteiger partial charge in [0.2, 0.25) is 0 Å². The summed E-state index contributed by atoms with van der Waals surface area (Å²) in [5.41, 5.74) is 0.628. The Kier molecular flexibility index (Phi) is 8.74. The molecule has 1 rings (SSSR count). The van der Waals surface area contributed by atoms with Crippen molar-refractivity contribution in [2.75, 3.05) is 0 Å². The molecule has 0 bridgehead atoms. The third kappa shape index (κ3) is 4.24. The Bertz CT molecular complexity index is 400. The van der Waals surface area contributed by atoms with Crippen LogP contribution in [0.5, 0.6) is 0 Å². The summed E-state index contributed by atoms with van der Waals surface area (Å²) >= 11 is 0. The second kappa shape index (κ2) is 7.53. The first-order chi connectivity index (χ1) is 6.43. The minimum absolute atomic E-state index is 0. The van der Waals surface area contributed by atoms with E-state index in [2.05, 4.69) is 0 Å². The molecule has 0 aliphatic heterocycles. The van der Waals surface area contributed by atoms with Crippen LogP contribution in [0.2, 0.25) is 0 Å². The Morgan fingerprint density at radius 2 is 1.81 bits per heavy atom. The normalized spacial score (nSPS) is 8.88. The summed E-state index contributed by atoms with van der Waals surface area (Å²) in [4.78, 5) is 21.1. The van der Waals surface area contributed by atoms with Crippen LogP contribution in [0.3, 0.4) is 0 Å². The van der Waals surface area contributed by atoms with Crippen molar-refractivity contribution in [3.8, 4) is 0 Å². The summed E-state index contributed by atoms with van der Waals surface area (Å²) in [6.45, 7) is 1.59. The molecule has 0 aromatic carbocycles. The molecule has 0 aliphatic carbocycles. The molecule has 0 saturated carbocycles. The van der Waals surface area contributed by atoms with E-state index in [-0.39, 0.29) is 70.4 Å². The van der Waals surface area contributed by atoms with Gasteiger partial charge in [-0.05, 0) is 12.5 Å². The number of aromatic carboxylic acids is 1. The minimum Gasteiger partial charge on any atom is -0.550 e. The summed E-state index contributed by atoms with van der Waals surface area (Å²) in [6.07, 6.45) is 1.12. The molecule has 1 aromatic heterocycles. The van der Waals surface area contributed by atoms with Crippen molar-refractivity contribution in [1.29, 1.82) is 0 Å². The number of hydrogen-bond acceptors (Lipinski definition) is 4. The number of carbonyl (C=O) groups excluding carboxylic acids is 2. The Morgan fingerprint density at radius 1 is 1.31 bits per heavy atom. The van der Waals surface area contributed by atoms with Gasteiger partial charge in [0.1, 0.15) is 0 Å². The van der Waals surface area contributed by atoms with Gasteiger partial charge in [0.25, 0.3) is 0 Å². The molecule has 0 atom stereocenters. The van der Waals surface area contributed by atoms with Crippen LogP contribution in [-0.4, -0.2) is 16.5 Å². The standard InChI is InChI=1S/C9H11NO4.2Na/c1-5-4-10(2)6(3-7(11)12)8(5)9(13)14;;/h4H,3H2,1-2H3,(H,11,12)(H,13,14);;/q;2*+1/p-2. The second-order valence-corrected chi connectivity index (χ2v) is 3.08. The third-order valence-electron chi connectivity index (χ3n) is 2.01. The average molecular weight is 241 g/mol. The summed E-state index contributed by atoms with van der Waals surface area (Å²) in [5, 5.41) is 21.1. The van der Waals surface area contributed by atoms with Crippen molar-refractivity contribution in [3.63, 3.8) is 0 Å². The van der Waals surface area contributed by atoms with Crippen LogP contribution in [0.1, 0.15) is 21.6 Å². The maximum Gasteiger partial charge on any atom is 1.00 e. The number of carboxylic acid groups (broad SMARTS) is 2. The molecule has 0 aliphatic rings. The fourth-order valence-electron chi connectivity index (χ4n) is 1.47. The molecule has 1 heterocycles. The van der Waals surface area contributed by atoms with Crippen LogP contribution in [0.25, 0.3) is 0 Å². The summed E-state index contributed by atoms with van der Waals surface area (Å²) in [7, 11) is 1.58. The van der Waals surface area contributed by atoms with E-state index in [1.165, 1.54) is 4.57 Å². The van der Waals surface area contributed by atoms with Crippen LogP contribution < -0.4 is 69.3 Å². The van der Waals surface area contributed by atoms with Gasteiger partial charge in [-0.1, -0.05) is 0 Å². The first-order valence-corrected chi connectivity index (χ1v) is 3.99. The first-order valence-electron chi connectivity index (χ1n) is 3.99. The van der Waals surface area contributed by atoms with Crippen molar-refractivity contribution < 1.29 is 78.9 Å². The second-order valence-electron chi connectivity index (χ2n) is 3.08. The number of aliphatic carboxylic acids is 1. The van der Waals surface area contributed by atoms with Gasteiger partial charge >= 0.3 is 59.1 Å². The van der Waals surface area contributed by atoms with E-state index >= 15 is 0 Å². The molecule has 0 radical (unpaired) electrons. The SMILES string of the molecule is Cc1cn(C)c(CC(=O)[O-])c1C(=O)[O-].[Na+].[Na+]. The molecule has 0 N–H and O–H groups in total. The topological polar surface area (TPSA) is 85.2 Å². The van der Waals surface area contributed by atoms with Crippen LogP contribution in [0.4, 0.5) is 0 Å². The van der Waals surface area contributed by atoms with E-state index in [0.717, 1.165) is 0 Å². The molecular weight excluding hydrogens is 232 g/mol. The van der Waals surface area contributed by atoms with Gasteiger partial charge in [0.15, 0.2) is 0 Å². The van der Waals surface area contributed by atoms with Gasteiger partial charge in [-0.15, -0.1) is 0 Å². The smallest absolute Gasteiger partial charge is 0.550 e. The number of nitrogens with zero attached hydrogens (tertiary/aromatic N) is 1. The Labute approximate surface area is 137 Å². The third-order valence-corrected chi connectivity index (χ3v) is 2.01. The van der Waals surface area contributed by atoms with E-state index in [4.69, 9.17) is 0 Å². The monoisotopic (exact) mass is 241 g/mol. The fourth-order valence-corrected chi connectivity index (χ4v) is 1.47. The molecular formula is C9H9NNa2O4. The van der Waals surface area contributed by atoms with Crippen LogP contribution in [-0.2, 0) is 18.3 Å². The minimum atomic E-state index is -1.36. The maximum absolute atomic E-state index is 10.7. The molecule has 16 heavy (non-hydrogen) atoms. The largest absolute Gasteiger partial charge is 1.00 e. The zero-order valence-corrected chi connectivity index (χ0v) is 13.9. The average Bonchev–Trinajstić information content (AvgIpc) is 2.25. The molecule has 0 unspecified atom stereocenters. The van der Waals surface area contributed by atoms with E-state index in [1.54, 1.807) is 20.2 Å². The molecule has 0 saturated heterocycles. The van der Waals surface area contributed by atoms with Gasteiger partial charge < -0.3 is 24.4 Å². The van der Waals surface area contributed by atoms with Crippen molar-refractivity contribution in [2.45, 2.75) is 13.3 Å². The number of aromatic nitrogens is 1. The summed E-state index contributed by atoms with van der Waals surface area (Å²) < 4.78 is 1.45. The van der Waals surface area contributed by atoms with Crippen molar-refractivity contribution >= 4 is 11.9 Å². The van der Waals surface area contributed by atoms with Gasteiger partial charge in [-0.3, -0.25) is 0 Å². The van der Waals surface area contributed by atoms with Crippen LogP contribution >= 0.6 is 0 Å². The summed E-state index contributed by atoms with van der Waals surface area (Å²) in [5.74, 6) is -2.67. The van der Waals surface area contributed by atoms with E-state index in [9.17, 15) is 19.8 Å². The molecule has 76 valence electrons. The van der Waals surface area contributed by atoms with Crippen molar-refractivity contribution in [1.82, 2.24) is 4.57 Å². The molecule has 7 heteroatoms.